The Morgan fingerprint density at radius 1 is 1.23 bits per heavy atom. The molecule has 1 saturated carbocycles. The third kappa shape index (κ3) is 5.82. The molecule has 0 unspecified atom stereocenters. The van der Waals surface area contributed by atoms with Crippen molar-refractivity contribution in [2.75, 3.05) is 13.6 Å². The van der Waals surface area contributed by atoms with Crippen molar-refractivity contribution in [3.05, 3.63) is 42.0 Å². The van der Waals surface area contributed by atoms with Crippen molar-refractivity contribution in [2.24, 2.45) is 17.0 Å². The summed E-state index contributed by atoms with van der Waals surface area (Å²) in [6.45, 7) is 9.26. The Morgan fingerprint density at radius 3 is 2.14 bits per heavy atom. The lowest BCUT2D eigenvalue weighted by atomic mass is 9.82. The van der Waals surface area contributed by atoms with Crippen molar-refractivity contribution in [1.82, 2.24) is 5.01 Å². The molecular weight excluding hydrogens is 270 g/mol. The Labute approximate surface area is 136 Å². The van der Waals surface area contributed by atoms with Gasteiger partial charge in [0, 0.05) is 7.05 Å². The standard InChI is InChI=1S/C16H24N2.C3H9N/c1-13(18(3)17)15-8-6-14(7-9-15)12-16(2)10-4-5-11-16;1-2-3-4/h6-9H,1,4-5,10-12,17H2,2-3H3;2-4H2,1H3. The first kappa shape index (κ1) is 18.7. The van der Waals surface area contributed by atoms with Crippen molar-refractivity contribution >= 4 is 5.70 Å². The van der Waals surface area contributed by atoms with Crippen LogP contribution >= 0.6 is 0 Å². The van der Waals surface area contributed by atoms with E-state index in [4.69, 9.17) is 11.6 Å². The second-order valence-corrected chi connectivity index (χ2v) is 6.74. The molecule has 0 spiro atoms. The minimum absolute atomic E-state index is 0.517. The minimum atomic E-state index is 0.517. The van der Waals surface area contributed by atoms with E-state index in [1.807, 2.05) is 7.05 Å². The van der Waals surface area contributed by atoms with Crippen LogP contribution in [0.1, 0.15) is 57.1 Å². The fraction of sp³-hybridized carbons (Fsp3) is 0.579. The van der Waals surface area contributed by atoms with Gasteiger partial charge in [0.25, 0.3) is 0 Å². The molecule has 124 valence electrons. The Balaban J connectivity index is 0.000000541. The van der Waals surface area contributed by atoms with Crippen LogP contribution in [0.2, 0.25) is 0 Å². The van der Waals surface area contributed by atoms with Gasteiger partial charge in [-0.05, 0) is 48.8 Å². The average molecular weight is 303 g/mol. The van der Waals surface area contributed by atoms with E-state index in [2.05, 4.69) is 44.7 Å². The molecule has 3 nitrogen and oxygen atoms in total. The molecule has 0 aliphatic heterocycles. The van der Waals surface area contributed by atoms with E-state index >= 15 is 0 Å². The highest BCUT2D eigenvalue weighted by molar-refractivity contribution is 5.61. The van der Waals surface area contributed by atoms with Gasteiger partial charge in [0.15, 0.2) is 0 Å². The van der Waals surface area contributed by atoms with Gasteiger partial charge in [0.1, 0.15) is 0 Å². The van der Waals surface area contributed by atoms with Crippen molar-refractivity contribution < 1.29 is 0 Å². The molecule has 2 rings (SSSR count). The van der Waals surface area contributed by atoms with E-state index in [-0.39, 0.29) is 0 Å². The SMILES string of the molecule is C=C(c1ccc(CC2(C)CCCC2)cc1)N(C)N.CCCN. The molecule has 4 N–H and O–H groups in total. The highest BCUT2D eigenvalue weighted by Crippen LogP contribution is 2.40. The number of nitrogens with two attached hydrogens (primary N) is 2. The Hall–Kier alpha value is -1.32. The summed E-state index contributed by atoms with van der Waals surface area (Å²) >= 11 is 0. The maximum Gasteiger partial charge on any atom is 0.0514 e. The van der Waals surface area contributed by atoms with Gasteiger partial charge in [-0.1, -0.05) is 57.5 Å². The second kappa shape index (κ2) is 8.96. The molecule has 0 radical (unpaired) electrons. The molecule has 0 aromatic heterocycles. The molecule has 1 aromatic carbocycles. The van der Waals surface area contributed by atoms with Crippen molar-refractivity contribution in [3.8, 4) is 0 Å². The fourth-order valence-corrected chi connectivity index (χ4v) is 2.92. The van der Waals surface area contributed by atoms with Gasteiger partial charge < -0.3 is 10.7 Å². The molecule has 0 atom stereocenters. The first-order chi connectivity index (χ1) is 10.4. The molecule has 1 aliphatic carbocycles. The number of hydrogen-bond donors (Lipinski definition) is 2. The predicted molar refractivity (Wildman–Crippen MR) is 97.1 cm³/mol. The summed E-state index contributed by atoms with van der Waals surface area (Å²) < 4.78 is 0. The zero-order valence-electron chi connectivity index (χ0n) is 14.6. The van der Waals surface area contributed by atoms with Gasteiger partial charge in [-0.2, -0.15) is 0 Å². The van der Waals surface area contributed by atoms with E-state index in [0.29, 0.717) is 5.41 Å². The quantitative estimate of drug-likeness (QED) is 0.640. The highest BCUT2D eigenvalue weighted by atomic mass is 15.4. The molecule has 0 bridgehead atoms. The van der Waals surface area contributed by atoms with Gasteiger partial charge in [0.05, 0.1) is 5.70 Å². The van der Waals surface area contributed by atoms with Gasteiger partial charge in [-0.25, -0.2) is 5.84 Å². The first-order valence-electron chi connectivity index (χ1n) is 8.38. The van der Waals surface area contributed by atoms with Crippen LogP contribution in [-0.2, 0) is 6.42 Å². The lowest BCUT2D eigenvalue weighted by Gasteiger charge is -2.23. The van der Waals surface area contributed by atoms with Crippen molar-refractivity contribution in [3.63, 3.8) is 0 Å². The van der Waals surface area contributed by atoms with Crippen LogP contribution in [0.25, 0.3) is 5.70 Å². The van der Waals surface area contributed by atoms with Crippen LogP contribution in [0.3, 0.4) is 0 Å². The van der Waals surface area contributed by atoms with Crippen LogP contribution in [-0.4, -0.2) is 18.6 Å². The number of nitrogens with zero attached hydrogens (tertiary/aromatic N) is 1. The maximum atomic E-state index is 5.69. The Kier molecular flexibility index (Phi) is 7.63. The smallest absolute Gasteiger partial charge is 0.0514 e. The molecule has 0 heterocycles. The van der Waals surface area contributed by atoms with Gasteiger partial charge in [-0.15, -0.1) is 0 Å². The third-order valence-corrected chi connectivity index (χ3v) is 4.44. The normalized spacial score (nSPS) is 15.9. The third-order valence-electron chi connectivity index (χ3n) is 4.44. The highest BCUT2D eigenvalue weighted by Gasteiger charge is 2.28. The predicted octanol–water partition coefficient (Wildman–Crippen LogP) is 3.94. The topological polar surface area (TPSA) is 55.3 Å². The molecule has 1 aromatic rings. The summed E-state index contributed by atoms with van der Waals surface area (Å²) in [5, 5.41) is 1.56. The fourth-order valence-electron chi connectivity index (χ4n) is 2.92. The molecular formula is C19H33N3. The molecule has 1 fully saturated rings. The largest absolute Gasteiger partial charge is 0.330 e. The van der Waals surface area contributed by atoms with Crippen LogP contribution in [0.4, 0.5) is 0 Å². The summed E-state index contributed by atoms with van der Waals surface area (Å²) in [7, 11) is 1.82. The monoisotopic (exact) mass is 303 g/mol. The van der Waals surface area contributed by atoms with E-state index in [1.54, 1.807) is 5.01 Å². The number of rotatable bonds is 5. The van der Waals surface area contributed by atoms with E-state index < -0.39 is 0 Å². The van der Waals surface area contributed by atoms with Crippen LogP contribution < -0.4 is 11.6 Å². The number of hydrogen-bond acceptors (Lipinski definition) is 3. The lowest BCUT2D eigenvalue weighted by Crippen LogP contribution is -2.23. The molecule has 0 amide bonds. The molecule has 0 saturated heterocycles. The Morgan fingerprint density at radius 2 is 1.73 bits per heavy atom. The molecule has 1 aliphatic rings. The number of hydrazine groups is 1. The summed E-state index contributed by atoms with van der Waals surface area (Å²) in [6, 6.07) is 8.68. The van der Waals surface area contributed by atoms with E-state index in [0.717, 1.165) is 24.2 Å². The van der Waals surface area contributed by atoms with Crippen LogP contribution in [0.5, 0.6) is 0 Å². The van der Waals surface area contributed by atoms with Crippen LogP contribution in [0, 0.1) is 5.41 Å². The molecule has 3 heteroatoms. The zero-order valence-corrected chi connectivity index (χ0v) is 14.6. The van der Waals surface area contributed by atoms with Crippen molar-refractivity contribution in [2.45, 2.75) is 52.4 Å². The summed E-state index contributed by atoms with van der Waals surface area (Å²) in [5.74, 6) is 5.69. The zero-order chi connectivity index (χ0) is 16.6. The minimum Gasteiger partial charge on any atom is -0.330 e. The number of benzene rings is 1. The first-order valence-corrected chi connectivity index (χ1v) is 8.38. The van der Waals surface area contributed by atoms with Gasteiger partial charge >= 0.3 is 0 Å². The van der Waals surface area contributed by atoms with Gasteiger partial charge in [0.2, 0.25) is 0 Å². The Bertz CT molecular complexity index is 440. The van der Waals surface area contributed by atoms with E-state index in [9.17, 15) is 0 Å². The summed E-state index contributed by atoms with van der Waals surface area (Å²) in [5.41, 5.74) is 8.92. The summed E-state index contributed by atoms with van der Waals surface area (Å²) in [4.78, 5) is 0. The van der Waals surface area contributed by atoms with Gasteiger partial charge in [-0.3, -0.25) is 0 Å². The van der Waals surface area contributed by atoms with E-state index in [1.165, 1.54) is 37.7 Å². The molecule has 22 heavy (non-hydrogen) atoms. The second-order valence-electron chi connectivity index (χ2n) is 6.74. The maximum absolute atomic E-state index is 5.69. The summed E-state index contributed by atoms with van der Waals surface area (Å²) in [6.07, 6.45) is 7.81. The average Bonchev–Trinajstić information content (AvgIpc) is 2.93. The van der Waals surface area contributed by atoms with Crippen LogP contribution in [0.15, 0.2) is 30.8 Å². The lowest BCUT2D eigenvalue weighted by molar-refractivity contribution is 0.334. The van der Waals surface area contributed by atoms with Crippen molar-refractivity contribution in [1.29, 1.82) is 0 Å².